The van der Waals surface area contributed by atoms with Gasteiger partial charge in [-0.1, -0.05) is 0 Å². The van der Waals surface area contributed by atoms with E-state index in [2.05, 4.69) is 0 Å². The van der Waals surface area contributed by atoms with Crippen LogP contribution < -0.4 is 9.64 Å². The number of ether oxygens (including phenoxy) is 1. The Balaban J connectivity index is 1.92. The number of carbonyl (C=O) groups is 1. The van der Waals surface area contributed by atoms with Crippen LogP contribution in [0.4, 0.5) is 5.69 Å². The molecule has 114 valence electrons. The molecule has 0 aliphatic carbocycles. The number of benzene rings is 1. The number of rotatable bonds is 2. The second-order valence-electron chi connectivity index (χ2n) is 5.34. The third-order valence-corrected chi connectivity index (χ3v) is 5.84. The molecule has 0 N–H and O–H groups in total. The third kappa shape index (κ3) is 2.63. The predicted octanol–water partition coefficient (Wildman–Crippen LogP) is 0.869. The number of carbonyl (C=O) groups excluding carboxylic acids is 1. The summed E-state index contributed by atoms with van der Waals surface area (Å²) < 4.78 is 32.2. The summed E-state index contributed by atoms with van der Waals surface area (Å²) in [5, 5.41) is 0. The van der Waals surface area contributed by atoms with Gasteiger partial charge < -0.3 is 9.64 Å². The molecule has 2 heterocycles. The van der Waals surface area contributed by atoms with Gasteiger partial charge in [0.05, 0.1) is 17.1 Å². The van der Waals surface area contributed by atoms with Crippen LogP contribution in [-0.4, -0.2) is 51.8 Å². The Morgan fingerprint density at radius 2 is 1.86 bits per heavy atom. The van der Waals surface area contributed by atoms with Gasteiger partial charge >= 0.3 is 0 Å². The monoisotopic (exact) mass is 310 g/mol. The molecule has 3 rings (SSSR count). The summed E-state index contributed by atoms with van der Waals surface area (Å²) >= 11 is 0. The topological polar surface area (TPSA) is 66.9 Å². The second-order valence-corrected chi connectivity index (χ2v) is 7.28. The first-order valence-electron chi connectivity index (χ1n) is 6.98. The molecule has 2 aliphatic heterocycles. The van der Waals surface area contributed by atoms with E-state index in [4.69, 9.17) is 4.74 Å². The largest absolute Gasteiger partial charge is 0.490 e. The molecule has 0 radical (unpaired) electrons. The molecule has 0 spiro atoms. The summed E-state index contributed by atoms with van der Waals surface area (Å²) in [7, 11) is -1.63. The Morgan fingerprint density at radius 1 is 1.14 bits per heavy atom. The summed E-state index contributed by atoms with van der Waals surface area (Å²) in [6.45, 7) is 1.87. The van der Waals surface area contributed by atoms with Crippen LogP contribution in [0.5, 0.6) is 5.75 Å². The van der Waals surface area contributed by atoms with E-state index < -0.39 is 10.0 Å². The number of hydrogen-bond donors (Lipinski definition) is 0. The van der Waals surface area contributed by atoms with E-state index in [1.807, 2.05) is 11.9 Å². The van der Waals surface area contributed by atoms with Gasteiger partial charge in [-0.2, -0.15) is 4.31 Å². The van der Waals surface area contributed by atoms with Gasteiger partial charge in [0.1, 0.15) is 18.1 Å². The summed E-state index contributed by atoms with van der Waals surface area (Å²) in [5.74, 6) is 0.830. The van der Waals surface area contributed by atoms with Crippen molar-refractivity contribution in [3.63, 3.8) is 0 Å². The van der Waals surface area contributed by atoms with Gasteiger partial charge in [0.2, 0.25) is 10.0 Å². The fourth-order valence-electron chi connectivity index (χ4n) is 2.62. The zero-order valence-corrected chi connectivity index (χ0v) is 12.7. The number of likely N-dealkylation sites (N-methyl/N-ethyl adjacent to an activating group) is 1. The Kier molecular flexibility index (Phi) is 3.62. The van der Waals surface area contributed by atoms with E-state index >= 15 is 0 Å². The number of fused-ring (bicyclic) bond motifs is 1. The van der Waals surface area contributed by atoms with Gasteiger partial charge in [-0.05, 0) is 18.2 Å². The first kappa shape index (κ1) is 14.3. The highest BCUT2D eigenvalue weighted by Crippen LogP contribution is 2.33. The Morgan fingerprint density at radius 3 is 2.57 bits per heavy atom. The maximum Gasteiger partial charge on any atom is 0.243 e. The van der Waals surface area contributed by atoms with Crippen molar-refractivity contribution < 1.29 is 17.9 Å². The second kappa shape index (κ2) is 5.31. The van der Waals surface area contributed by atoms with Crippen LogP contribution in [0.25, 0.3) is 0 Å². The molecule has 0 bridgehead atoms. The van der Waals surface area contributed by atoms with E-state index in [0.29, 0.717) is 25.2 Å². The van der Waals surface area contributed by atoms with Gasteiger partial charge in [0, 0.05) is 33.0 Å². The van der Waals surface area contributed by atoms with Crippen LogP contribution in [0.2, 0.25) is 0 Å². The molecule has 0 aromatic heterocycles. The fraction of sp³-hybridized carbons (Fsp3) is 0.500. The van der Waals surface area contributed by atoms with E-state index in [-0.39, 0.29) is 23.8 Å². The molecule has 0 saturated carbocycles. The molecule has 1 aromatic carbocycles. The Hall–Kier alpha value is -1.60. The van der Waals surface area contributed by atoms with E-state index in [1.54, 1.807) is 18.2 Å². The number of piperidine rings is 1. The number of ketones is 1. The van der Waals surface area contributed by atoms with Gasteiger partial charge in [-0.15, -0.1) is 0 Å². The highest BCUT2D eigenvalue weighted by molar-refractivity contribution is 7.89. The maximum absolute atomic E-state index is 12.6. The summed E-state index contributed by atoms with van der Waals surface area (Å²) in [6, 6.07) is 4.93. The van der Waals surface area contributed by atoms with Gasteiger partial charge in [0.25, 0.3) is 0 Å². The van der Waals surface area contributed by atoms with Gasteiger partial charge in [0.15, 0.2) is 0 Å². The van der Waals surface area contributed by atoms with E-state index in [0.717, 1.165) is 12.2 Å². The molecular weight excluding hydrogens is 292 g/mol. The van der Waals surface area contributed by atoms with Crippen LogP contribution in [0.15, 0.2) is 23.1 Å². The molecule has 0 unspecified atom stereocenters. The van der Waals surface area contributed by atoms with Crippen molar-refractivity contribution in [1.29, 1.82) is 0 Å². The first-order chi connectivity index (χ1) is 9.98. The maximum atomic E-state index is 12.6. The third-order valence-electron chi connectivity index (χ3n) is 3.94. The predicted molar refractivity (Wildman–Crippen MR) is 78.2 cm³/mol. The van der Waals surface area contributed by atoms with Crippen molar-refractivity contribution >= 4 is 21.5 Å². The molecule has 1 saturated heterocycles. The van der Waals surface area contributed by atoms with Crippen LogP contribution in [0.3, 0.4) is 0 Å². The van der Waals surface area contributed by atoms with Crippen LogP contribution in [-0.2, 0) is 14.8 Å². The van der Waals surface area contributed by atoms with Crippen molar-refractivity contribution in [1.82, 2.24) is 4.31 Å². The van der Waals surface area contributed by atoms with E-state index in [9.17, 15) is 13.2 Å². The zero-order chi connectivity index (χ0) is 15.0. The highest BCUT2D eigenvalue weighted by atomic mass is 32.2. The molecule has 7 heteroatoms. The lowest BCUT2D eigenvalue weighted by atomic mass is 10.1. The highest BCUT2D eigenvalue weighted by Gasteiger charge is 2.29. The lowest BCUT2D eigenvalue weighted by molar-refractivity contribution is -0.120. The SMILES string of the molecule is CN1CCOc2ccc(S(=O)(=O)N3CCC(=O)CC3)cc21. The van der Waals surface area contributed by atoms with Gasteiger partial charge in [-0.3, -0.25) is 4.79 Å². The molecular formula is C14H18N2O4S. The van der Waals surface area contributed by atoms with Crippen LogP contribution >= 0.6 is 0 Å². The minimum absolute atomic E-state index is 0.125. The molecule has 0 atom stereocenters. The minimum atomic E-state index is -3.54. The zero-order valence-electron chi connectivity index (χ0n) is 11.9. The van der Waals surface area contributed by atoms with Crippen LogP contribution in [0.1, 0.15) is 12.8 Å². The molecule has 2 aliphatic rings. The molecule has 1 fully saturated rings. The van der Waals surface area contributed by atoms with Crippen LogP contribution in [0, 0.1) is 0 Å². The molecule has 0 amide bonds. The number of anilines is 1. The van der Waals surface area contributed by atoms with Crippen molar-refractivity contribution in [2.75, 3.05) is 38.2 Å². The summed E-state index contributed by atoms with van der Waals surface area (Å²) in [6.07, 6.45) is 0.598. The summed E-state index contributed by atoms with van der Waals surface area (Å²) in [5.41, 5.74) is 0.787. The van der Waals surface area contributed by atoms with Crippen molar-refractivity contribution in [3.05, 3.63) is 18.2 Å². The number of Topliss-reactive ketones (excluding diaryl/α,β-unsaturated/α-hetero) is 1. The standard InChI is InChI=1S/C14H18N2O4S/c1-15-8-9-20-14-3-2-12(10-13(14)15)21(18,19)16-6-4-11(17)5-7-16/h2-3,10H,4-9H2,1H3. The van der Waals surface area contributed by atoms with E-state index in [1.165, 1.54) is 4.31 Å². The quantitative estimate of drug-likeness (QED) is 0.811. The average Bonchev–Trinajstić information content (AvgIpc) is 2.48. The number of sulfonamides is 1. The Bertz CT molecular complexity index is 662. The van der Waals surface area contributed by atoms with Crippen molar-refractivity contribution in [3.8, 4) is 5.75 Å². The first-order valence-corrected chi connectivity index (χ1v) is 8.42. The molecule has 1 aromatic rings. The normalized spacial score (nSPS) is 20.0. The summed E-state index contributed by atoms with van der Waals surface area (Å²) in [4.78, 5) is 13.5. The smallest absolute Gasteiger partial charge is 0.243 e. The minimum Gasteiger partial charge on any atom is -0.490 e. The van der Waals surface area contributed by atoms with Crippen molar-refractivity contribution in [2.45, 2.75) is 17.7 Å². The Labute approximate surface area is 124 Å². The lowest BCUT2D eigenvalue weighted by Crippen LogP contribution is -2.38. The van der Waals surface area contributed by atoms with Gasteiger partial charge in [-0.25, -0.2) is 8.42 Å². The van der Waals surface area contributed by atoms with Crippen molar-refractivity contribution in [2.24, 2.45) is 0 Å². The molecule has 21 heavy (non-hydrogen) atoms. The number of hydrogen-bond acceptors (Lipinski definition) is 5. The fourth-order valence-corrected chi connectivity index (χ4v) is 4.08. The molecule has 6 nitrogen and oxygen atoms in total. The number of nitrogens with zero attached hydrogens (tertiary/aromatic N) is 2. The average molecular weight is 310 g/mol. The lowest BCUT2D eigenvalue weighted by Gasteiger charge is -2.29.